The third-order valence-electron chi connectivity index (χ3n) is 5.45. The molecule has 0 radical (unpaired) electrons. The molecule has 9 nitrogen and oxygen atoms in total. The molecule has 0 amide bonds. The third kappa shape index (κ3) is 3.82. The average molecular weight is 477 g/mol. The zero-order valence-corrected chi connectivity index (χ0v) is 18.8. The molecule has 2 aromatic heterocycles. The van der Waals surface area contributed by atoms with Crippen molar-refractivity contribution >= 4 is 32.8 Å². The predicted molar refractivity (Wildman–Crippen MR) is 117 cm³/mol. The summed E-state index contributed by atoms with van der Waals surface area (Å²) < 4.78 is 11.7. The van der Waals surface area contributed by atoms with Crippen LogP contribution in [0.25, 0.3) is 11.0 Å². The number of aliphatic hydroxyl groups is 1. The molecule has 1 saturated heterocycles. The minimum atomic E-state index is -0.654. The SMILES string of the molecule is COc1ccc(CN2CCN(c3ncnc4[nH]nc(Br)c34)CC2)c(C(C)O)c1OC. The fraction of sp³-hybridized carbons (Fsp3) is 0.450. The number of H-pyrrole nitrogens is 1. The number of hydrogen-bond donors (Lipinski definition) is 2. The number of benzene rings is 1. The van der Waals surface area contributed by atoms with Crippen molar-refractivity contribution < 1.29 is 14.6 Å². The largest absolute Gasteiger partial charge is 0.493 e. The average Bonchev–Trinajstić information content (AvgIpc) is 3.14. The summed E-state index contributed by atoms with van der Waals surface area (Å²) in [5.41, 5.74) is 2.54. The van der Waals surface area contributed by atoms with Crippen molar-refractivity contribution in [3.8, 4) is 11.5 Å². The molecule has 0 saturated carbocycles. The third-order valence-corrected chi connectivity index (χ3v) is 6.03. The Balaban J connectivity index is 1.51. The lowest BCUT2D eigenvalue weighted by Crippen LogP contribution is -2.46. The van der Waals surface area contributed by atoms with E-state index in [1.807, 2.05) is 12.1 Å². The van der Waals surface area contributed by atoms with E-state index in [9.17, 15) is 5.11 Å². The van der Waals surface area contributed by atoms with Crippen molar-refractivity contribution in [1.29, 1.82) is 0 Å². The van der Waals surface area contributed by atoms with Crippen LogP contribution in [0.1, 0.15) is 24.2 Å². The Morgan fingerprint density at radius 1 is 1.17 bits per heavy atom. The lowest BCUT2D eigenvalue weighted by molar-refractivity contribution is 0.187. The summed E-state index contributed by atoms with van der Waals surface area (Å²) in [5.74, 6) is 2.10. The lowest BCUT2D eigenvalue weighted by atomic mass is 10.00. The van der Waals surface area contributed by atoms with Gasteiger partial charge in [0.2, 0.25) is 0 Å². The number of aromatic amines is 1. The van der Waals surface area contributed by atoms with Gasteiger partial charge in [0.15, 0.2) is 17.1 Å². The molecule has 3 heterocycles. The number of rotatable bonds is 6. The second kappa shape index (κ2) is 8.75. The highest BCUT2D eigenvalue weighted by Crippen LogP contribution is 2.38. The Labute approximate surface area is 183 Å². The summed E-state index contributed by atoms with van der Waals surface area (Å²) in [7, 11) is 3.20. The van der Waals surface area contributed by atoms with Crippen LogP contribution >= 0.6 is 15.9 Å². The number of piperazine rings is 1. The van der Waals surface area contributed by atoms with Gasteiger partial charge in [0.1, 0.15) is 16.7 Å². The summed E-state index contributed by atoms with van der Waals surface area (Å²) in [4.78, 5) is 13.4. The summed E-state index contributed by atoms with van der Waals surface area (Å²) >= 11 is 3.48. The van der Waals surface area contributed by atoms with Gasteiger partial charge in [-0.15, -0.1) is 0 Å². The van der Waals surface area contributed by atoms with Crippen LogP contribution in [0.5, 0.6) is 11.5 Å². The van der Waals surface area contributed by atoms with E-state index in [0.717, 1.165) is 65.3 Å². The molecule has 1 fully saturated rings. The van der Waals surface area contributed by atoms with Crippen LogP contribution in [0, 0.1) is 0 Å². The predicted octanol–water partition coefficient (Wildman–Crippen LogP) is 2.51. The van der Waals surface area contributed by atoms with E-state index in [2.05, 4.69) is 45.9 Å². The summed E-state index contributed by atoms with van der Waals surface area (Å²) in [5, 5.41) is 18.4. The van der Waals surface area contributed by atoms with Crippen LogP contribution in [-0.2, 0) is 6.54 Å². The molecule has 0 aliphatic carbocycles. The highest BCUT2D eigenvalue weighted by molar-refractivity contribution is 9.10. The van der Waals surface area contributed by atoms with E-state index in [1.54, 1.807) is 27.5 Å². The quantitative estimate of drug-likeness (QED) is 0.559. The maximum atomic E-state index is 10.4. The van der Waals surface area contributed by atoms with Crippen LogP contribution in [0.3, 0.4) is 0 Å². The first-order valence-corrected chi connectivity index (χ1v) is 10.6. The molecule has 1 aliphatic rings. The summed E-state index contributed by atoms with van der Waals surface area (Å²) in [6, 6.07) is 3.90. The summed E-state index contributed by atoms with van der Waals surface area (Å²) in [6.45, 7) is 5.88. The Hall–Kier alpha value is -2.43. The minimum Gasteiger partial charge on any atom is -0.493 e. The molecule has 1 unspecified atom stereocenters. The molecule has 0 spiro atoms. The Bertz CT molecular complexity index is 1030. The number of aromatic nitrogens is 4. The van der Waals surface area contributed by atoms with Crippen LogP contribution < -0.4 is 14.4 Å². The van der Waals surface area contributed by atoms with Gasteiger partial charge in [-0.25, -0.2) is 9.97 Å². The van der Waals surface area contributed by atoms with E-state index in [0.29, 0.717) is 11.5 Å². The Morgan fingerprint density at radius 3 is 2.60 bits per heavy atom. The first-order valence-electron chi connectivity index (χ1n) is 9.77. The number of fused-ring (bicyclic) bond motifs is 1. The zero-order valence-electron chi connectivity index (χ0n) is 17.2. The van der Waals surface area contributed by atoms with Gasteiger partial charge in [0.05, 0.1) is 25.7 Å². The first kappa shape index (κ1) is 20.8. The second-order valence-electron chi connectivity index (χ2n) is 7.25. The number of ether oxygens (including phenoxy) is 2. The van der Waals surface area contributed by atoms with E-state index in [4.69, 9.17) is 9.47 Å². The van der Waals surface area contributed by atoms with Crippen molar-refractivity contribution in [3.63, 3.8) is 0 Å². The highest BCUT2D eigenvalue weighted by Gasteiger charge is 2.25. The molecule has 4 rings (SSSR count). The van der Waals surface area contributed by atoms with Crippen LogP contribution in [-0.4, -0.2) is 70.6 Å². The Morgan fingerprint density at radius 2 is 1.93 bits per heavy atom. The number of methoxy groups -OCH3 is 2. The molecule has 1 atom stereocenters. The monoisotopic (exact) mass is 476 g/mol. The maximum absolute atomic E-state index is 10.4. The molecule has 30 heavy (non-hydrogen) atoms. The number of halogens is 1. The van der Waals surface area contributed by atoms with Gasteiger partial charge >= 0.3 is 0 Å². The number of nitrogens with zero attached hydrogens (tertiary/aromatic N) is 5. The second-order valence-corrected chi connectivity index (χ2v) is 8.00. The molecule has 160 valence electrons. The first-order chi connectivity index (χ1) is 14.5. The zero-order chi connectivity index (χ0) is 21.3. The maximum Gasteiger partial charge on any atom is 0.166 e. The molecular weight excluding hydrogens is 452 g/mol. The number of hydrogen-bond acceptors (Lipinski definition) is 8. The van der Waals surface area contributed by atoms with Crippen molar-refractivity contribution in [3.05, 3.63) is 34.2 Å². The van der Waals surface area contributed by atoms with Crippen molar-refractivity contribution in [2.45, 2.75) is 19.6 Å². The normalized spacial score (nSPS) is 16.1. The molecule has 1 aliphatic heterocycles. The van der Waals surface area contributed by atoms with Crippen molar-refractivity contribution in [1.82, 2.24) is 25.1 Å². The van der Waals surface area contributed by atoms with Gasteiger partial charge in [0, 0.05) is 38.3 Å². The van der Waals surface area contributed by atoms with Gasteiger partial charge in [-0.05, 0) is 34.5 Å². The molecule has 10 heteroatoms. The smallest absolute Gasteiger partial charge is 0.166 e. The molecule has 3 aromatic rings. The molecule has 1 aromatic carbocycles. The van der Waals surface area contributed by atoms with Crippen LogP contribution in [0.15, 0.2) is 23.1 Å². The van der Waals surface area contributed by atoms with Crippen molar-refractivity contribution in [2.24, 2.45) is 0 Å². The standard InChI is InChI=1S/C20H25BrN6O3/c1-12(28)15-13(4-5-14(29-2)17(15)30-3)10-26-6-8-27(9-7-26)20-16-18(21)24-25-19(16)22-11-23-20/h4-5,11-12,28H,6-10H2,1-3H3,(H,22,23,24,25). The van der Waals surface area contributed by atoms with E-state index in [1.165, 1.54) is 0 Å². The van der Waals surface area contributed by atoms with E-state index in [-0.39, 0.29) is 0 Å². The van der Waals surface area contributed by atoms with Gasteiger partial charge in [-0.3, -0.25) is 10.00 Å². The van der Waals surface area contributed by atoms with Crippen LogP contribution in [0.2, 0.25) is 0 Å². The molecular formula is C20H25BrN6O3. The van der Waals surface area contributed by atoms with Gasteiger partial charge in [-0.1, -0.05) is 6.07 Å². The van der Waals surface area contributed by atoms with Gasteiger partial charge in [0.25, 0.3) is 0 Å². The fourth-order valence-electron chi connectivity index (χ4n) is 3.99. The topological polar surface area (TPSA) is 99.6 Å². The number of nitrogens with one attached hydrogen (secondary N) is 1. The van der Waals surface area contributed by atoms with E-state index >= 15 is 0 Å². The van der Waals surface area contributed by atoms with Crippen molar-refractivity contribution in [2.75, 3.05) is 45.3 Å². The summed E-state index contributed by atoms with van der Waals surface area (Å²) in [6.07, 6.45) is 0.909. The lowest BCUT2D eigenvalue weighted by Gasteiger charge is -2.36. The van der Waals surface area contributed by atoms with Gasteiger partial charge in [-0.2, -0.15) is 5.10 Å². The highest BCUT2D eigenvalue weighted by atomic mass is 79.9. The Kier molecular flexibility index (Phi) is 6.07. The molecule has 0 bridgehead atoms. The number of anilines is 1. The van der Waals surface area contributed by atoms with Crippen LogP contribution in [0.4, 0.5) is 5.82 Å². The fourth-order valence-corrected chi connectivity index (χ4v) is 4.45. The minimum absolute atomic E-state index is 0.594. The van der Waals surface area contributed by atoms with Gasteiger partial charge < -0.3 is 19.5 Å². The number of aliphatic hydroxyl groups excluding tert-OH is 1. The van der Waals surface area contributed by atoms with E-state index < -0.39 is 6.10 Å². The molecule has 2 N–H and O–H groups in total.